The molecule has 134 valence electrons. The van der Waals surface area contributed by atoms with Crippen LogP contribution < -0.4 is 4.90 Å². The maximum atomic E-state index is 12.6. The molecule has 0 saturated carbocycles. The first-order chi connectivity index (χ1) is 12.5. The van der Waals surface area contributed by atoms with Crippen molar-refractivity contribution in [1.29, 1.82) is 0 Å². The normalized spacial score (nSPS) is 13.8. The van der Waals surface area contributed by atoms with Crippen LogP contribution in [0.15, 0.2) is 36.4 Å². The Balaban J connectivity index is 1.86. The van der Waals surface area contributed by atoms with Crippen molar-refractivity contribution in [3.8, 4) is 0 Å². The van der Waals surface area contributed by atoms with Crippen molar-refractivity contribution in [2.24, 2.45) is 7.05 Å². The summed E-state index contributed by atoms with van der Waals surface area (Å²) < 4.78 is 2.06. The van der Waals surface area contributed by atoms with Crippen LogP contribution >= 0.6 is 0 Å². The topological polar surface area (TPSA) is 41.4 Å². The Morgan fingerprint density at radius 3 is 2.62 bits per heavy atom. The van der Waals surface area contributed by atoms with E-state index in [9.17, 15) is 4.79 Å². The van der Waals surface area contributed by atoms with Crippen molar-refractivity contribution >= 4 is 22.6 Å². The molecular weight excluding hydrogens is 324 g/mol. The lowest BCUT2D eigenvalue weighted by atomic mass is 9.99. The smallest absolute Gasteiger partial charge is 0.253 e. The molecule has 4 rings (SSSR count). The Morgan fingerprint density at radius 1 is 1.15 bits per heavy atom. The van der Waals surface area contributed by atoms with E-state index < -0.39 is 0 Å². The summed E-state index contributed by atoms with van der Waals surface area (Å²) in [5.41, 5.74) is 6.50. The molecule has 0 unspecified atom stereocenters. The molecule has 1 amide bonds. The Hall–Kier alpha value is -2.82. The van der Waals surface area contributed by atoms with E-state index in [0.717, 1.165) is 42.1 Å². The van der Waals surface area contributed by atoms with Crippen LogP contribution in [-0.4, -0.2) is 41.0 Å². The molecule has 0 fully saturated rings. The molecule has 0 aliphatic carbocycles. The fraction of sp³-hybridized carbons (Fsp3) is 0.333. The zero-order valence-corrected chi connectivity index (χ0v) is 15.8. The van der Waals surface area contributed by atoms with Gasteiger partial charge in [0.1, 0.15) is 11.3 Å². The second-order valence-corrected chi connectivity index (χ2v) is 7.22. The number of hydrogen-bond donors (Lipinski definition) is 0. The van der Waals surface area contributed by atoms with Gasteiger partial charge in [0.15, 0.2) is 0 Å². The quantitative estimate of drug-likeness (QED) is 0.714. The Kier molecular flexibility index (Phi) is 3.94. The van der Waals surface area contributed by atoms with Gasteiger partial charge in [-0.3, -0.25) is 4.79 Å². The monoisotopic (exact) mass is 348 g/mol. The van der Waals surface area contributed by atoms with Crippen molar-refractivity contribution in [1.82, 2.24) is 14.5 Å². The molecule has 0 saturated heterocycles. The van der Waals surface area contributed by atoms with Crippen LogP contribution in [0.2, 0.25) is 0 Å². The Labute approximate surface area is 153 Å². The van der Waals surface area contributed by atoms with E-state index in [0.29, 0.717) is 5.56 Å². The minimum absolute atomic E-state index is 0.0180. The number of imidazole rings is 1. The highest BCUT2D eigenvalue weighted by Gasteiger charge is 2.22. The van der Waals surface area contributed by atoms with E-state index in [2.05, 4.69) is 33.7 Å². The minimum Gasteiger partial charge on any atom is -0.365 e. The average Bonchev–Trinajstić information content (AvgIpc) is 2.94. The van der Waals surface area contributed by atoms with Gasteiger partial charge < -0.3 is 14.4 Å². The lowest BCUT2D eigenvalue weighted by Crippen LogP contribution is -2.31. The number of rotatable bonds is 2. The van der Waals surface area contributed by atoms with Gasteiger partial charge in [-0.2, -0.15) is 0 Å². The molecule has 0 atom stereocenters. The van der Waals surface area contributed by atoms with Gasteiger partial charge in [0, 0.05) is 39.8 Å². The van der Waals surface area contributed by atoms with Gasteiger partial charge in [0.2, 0.25) is 0 Å². The number of amides is 1. The van der Waals surface area contributed by atoms with Crippen molar-refractivity contribution < 1.29 is 4.79 Å². The number of fused-ring (bicyclic) bond motifs is 2. The SMILES string of the molecule is Cc1nc2c(N3CCc4ccccc4C3)cc(C(=O)N(C)C)cc2n1C. The van der Waals surface area contributed by atoms with E-state index in [-0.39, 0.29) is 5.91 Å². The van der Waals surface area contributed by atoms with Crippen molar-refractivity contribution in [2.75, 3.05) is 25.5 Å². The third-order valence-electron chi connectivity index (χ3n) is 5.31. The minimum atomic E-state index is 0.0180. The summed E-state index contributed by atoms with van der Waals surface area (Å²) in [5, 5.41) is 0. The molecule has 3 aromatic rings. The number of carbonyl (C=O) groups excluding carboxylic acids is 1. The zero-order chi connectivity index (χ0) is 18.4. The maximum Gasteiger partial charge on any atom is 0.253 e. The number of anilines is 1. The zero-order valence-electron chi connectivity index (χ0n) is 15.8. The van der Waals surface area contributed by atoms with Gasteiger partial charge in [0.05, 0.1) is 11.2 Å². The Morgan fingerprint density at radius 2 is 1.88 bits per heavy atom. The third kappa shape index (κ3) is 2.64. The molecule has 5 nitrogen and oxygen atoms in total. The number of aromatic nitrogens is 2. The fourth-order valence-corrected chi connectivity index (χ4v) is 3.71. The molecule has 1 aliphatic heterocycles. The number of carbonyl (C=O) groups is 1. The lowest BCUT2D eigenvalue weighted by Gasteiger charge is -2.31. The highest BCUT2D eigenvalue weighted by atomic mass is 16.2. The third-order valence-corrected chi connectivity index (χ3v) is 5.31. The summed E-state index contributed by atoms with van der Waals surface area (Å²) >= 11 is 0. The summed E-state index contributed by atoms with van der Waals surface area (Å²) in [7, 11) is 5.58. The molecular formula is C21H24N4O. The van der Waals surface area contributed by atoms with Gasteiger partial charge in [-0.05, 0) is 36.6 Å². The summed E-state index contributed by atoms with van der Waals surface area (Å²) in [6, 6.07) is 12.6. The highest BCUT2D eigenvalue weighted by Crippen LogP contribution is 2.32. The summed E-state index contributed by atoms with van der Waals surface area (Å²) in [5.74, 6) is 0.970. The van der Waals surface area contributed by atoms with Crippen LogP contribution in [0.4, 0.5) is 5.69 Å². The summed E-state index contributed by atoms with van der Waals surface area (Å²) in [4.78, 5) is 21.4. The van der Waals surface area contributed by atoms with E-state index in [4.69, 9.17) is 4.98 Å². The maximum absolute atomic E-state index is 12.6. The molecule has 0 bridgehead atoms. The van der Waals surface area contributed by atoms with E-state index in [1.807, 2.05) is 26.1 Å². The van der Waals surface area contributed by atoms with Crippen LogP contribution in [0.5, 0.6) is 0 Å². The van der Waals surface area contributed by atoms with Gasteiger partial charge in [0.25, 0.3) is 5.91 Å². The molecule has 2 aromatic carbocycles. The lowest BCUT2D eigenvalue weighted by molar-refractivity contribution is 0.0828. The van der Waals surface area contributed by atoms with Crippen LogP contribution in [0.3, 0.4) is 0 Å². The largest absolute Gasteiger partial charge is 0.365 e. The van der Waals surface area contributed by atoms with Crippen molar-refractivity contribution in [3.63, 3.8) is 0 Å². The highest BCUT2D eigenvalue weighted by molar-refractivity contribution is 6.01. The van der Waals surface area contributed by atoms with Gasteiger partial charge in [-0.1, -0.05) is 24.3 Å². The van der Waals surface area contributed by atoms with Crippen LogP contribution in [0.25, 0.3) is 11.0 Å². The van der Waals surface area contributed by atoms with Crippen LogP contribution in [0, 0.1) is 6.92 Å². The predicted octanol–water partition coefficient (Wildman–Crippen LogP) is 3.15. The van der Waals surface area contributed by atoms with Crippen molar-refractivity contribution in [3.05, 3.63) is 58.9 Å². The molecule has 2 heterocycles. The number of benzene rings is 2. The summed E-state index contributed by atoms with van der Waals surface area (Å²) in [6.07, 6.45) is 1.01. The summed E-state index contributed by atoms with van der Waals surface area (Å²) in [6.45, 7) is 3.78. The molecule has 0 spiro atoms. The first-order valence-corrected chi connectivity index (χ1v) is 8.96. The molecule has 5 heteroatoms. The fourth-order valence-electron chi connectivity index (χ4n) is 3.71. The van der Waals surface area contributed by atoms with Gasteiger partial charge in [-0.25, -0.2) is 4.98 Å². The second-order valence-electron chi connectivity index (χ2n) is 7.22. The average molecular weight is 348 g/mol. The first kappa shape index (κ1) is 16.6. The second kappa shape index (κ2) is 6.16. The van der Waals surface area contributed by atoms with E-state index in [1.165, 1.54) is 11.1 Å². The molecule has 1 aliphatic rings. The molecule has 1 aromatic heterocycles. The molecule has 0 radical (unpaired) electrons. The number of hydrogen-bond acceptors (Lipinski definition) is 3. The number of aryl methyl sites for hydroxylation is 2. The molecule has 0 N–H and O–H groups in total. The first-order valence-electron chi connectivity index (χ1n) is 8.96. The number of nitrogens with zero attached hydrogens (tertiary/aromatic N) is 4. The Bertz CT molecular complexity index is 1000. The van der Waals surface area contributed by atoms with Gasteiger partial charge in [-0.15, -0.1) is 0 Å². The van der Waals surface area contributed by atoms with Crippen LogP contribution in [0.1, 0.15) is 27.3 Å². The van der Waals surface area contributed by atoms with E-state index >= 15 is 0 Å². The molecule has 26 heavy (non-hydrogen) atoms. The predicted molar refractivity (Wildman–Crippen MR) is 105 cm³/mol. The standard InChI is InChI=1S/C21H24N4O/c1-14-22-20-18(24(14)4)11-17(21(26)23(2)3)12-19(20)25-10-9-15-7-5-6-8-16(15)13-25/h5-8,11-12H,9-10,13H2,1-4H3. The van der Waals surface area contributed by atoms with E-state index in [1.54, 1.807) is 19.0 Å². The van der Waals surface area contributed by atoms with Gasteiger partial charge >= 0.3 is 0 Å². The van der Waals surface area contributed by atoms with Crippen LogP contribution in [-0.2, 0) is 20.0 Å². The van der Waals surface area contributed by atoms with Crippen molar-refractivity contribution in [2.45, 2.75) is 19.9 Å².